The van der Waals surface area contributed by atoms with Crippen LogP contribution >= 0.6 is 0 Å². The molecule has 0 heterocycles. The average molecular weight is 491 g/mol. The van der Waals surface area contributed by atoms with Gasteiger partial charge in [-0.05, 0) is 129 Å². The molecule has 34 heavy (non-hydrogen) atoms. The summed E-state index contributed by atoms with van der Waals surface area (Å²) in [4.78, 5) is 11.2. The third-order valence-corrected chi connectivity index (χ3v) is 17.0. The van der Waals surface area contributed by atoms with Crippen LogP contribution in [0.25, 0.3) is 0 Å². The maximum absolute atomic E-state index is 11.2. The van der Waals surface area contributed by atoms with E-state index >= 15 is 0 Å². The topological polar surface area (TPSA) is 46.5 Å². The Balaban J connectivity index is 1.44. The first-order chi connectivity index (χ1) is 15.7. The molecule has 0 aromatic carbocycles. The van der Waals surface area contributed by atoms with E-state index in [-0.39, 0.29) is 0 Å². The van der Waals surface area contributed by atoms with E-state index in [1.54, 1.807) is 0 Å². The van der Waals surface area contributed by atoms with Crippen LogP contribution in [0.15, 0.2) is 0 Å². The van der Waals surface area contributed by atoms with Gasteiger partial charge in [0.25, 0.3) is 0 Å². The summed E-state index contributed by atoms with van der Waals surface area (Å²) in [7, 11) is -1.70. The van der Waals surface area contributed by atoms with Gasteiger partial charge in [-0.25, -0.2) is 0 Å². The van der Waals surface area contributed by atoms with Gasteiger partial charge in [0.1, 0.15) is 0 Å². The lowest BCUT2D eigenvalue weighted by Crippen LogP contribution is -2.55. The molecule has 196 valence electrons. The lowest BCUT2D eigenvalue weighted by molar-refractivity contribution is -0.138. The summed E-state index contributed by atoms with van der Waals surface area (Å²) >= 11 is 0. The van der Waals surface area contributed by atoms with Gasteiger partial charge in [0.15, 0.2) is 8.32 Å². The zero-order chi connectivity index (χ0) is 25.1. The number of hydrogen-bond acceptors (Lipinski definition) is 2. The largest absolute Gasteiger partial charge is 0.481 e. The highest BCUT2D eigenvalue weighted by Crippen LogP contribution is 2.68. The minimum Gasteiger partial charge on any atom is -0.481 e. The molecule has 0 saturated heterocycles. The lowest BCUT2D eigenvalue weighted by Gasteiger charge is -2.61. The highest BCUT2D eigenvalue weighted by Gasteiger charge is 2.60. The molecule has 4 fully saturated rings. The molecular weight excluding hydrogens is 436 g/mol. The highest BCUT2D eigenvalue weighted by atomic mass is 28.4. The smallest absolute Gasteiger partial charge is 0.303 e. The van der Waals surface area contributed by atoms with Crippen LogP contribution in [-0.2, 0) is 9.22 Å². The molecule has 0 radical (unpaired) electrons. The second kappa shape index (κ2) is 9.19. The van der Waals surface area contributed by atoms with Gasteiger partial charge < -0.3 is 9.53 Å². The Morgan fingerprint density at radius 3 is 2.29 bits per heavy atom. The van der Waals surface area contributed by atoms with Crippen molar-refractivity contribution < 1.29 is 14.3 Å². The van der Waals surface area contributed by atoms with Crippen molar-refractivity contribution in [2.75, 3.05) is 0 Å². The van der Waals surface area contributed by atoms with Crippen molar-refractivity contribution in [1.29, 1.82) is 0 Å². The molecule has 4 aliphatic carbocycles. The Labute approximate surface area is 211 Å². The van der Waals surface area contributed by atoms with Gasteiger partial charge in [0.2, 0.25) is 0 Å². The van der Waals surface area contributed by atoms with Crippen LogP contribution in [0.3, 0.4) is 0 Å². The molecule has 0 spiro atoms. The fourth-order valence-corrected chi connectivity index (χ4v) is 10.8. The molecule has 9 atom stereocenters. The first kappa shape index (κ1) is 26.7. The van der Waals surface area contributed by atoms with Crippen LogP contribution < -0.4 is 0 Å². The number of carbonyl (C=O) groups is 1. The Morgan fingerprint density at radius 2 is 1.65 bits per heavy atom. The van der Waals surface area contributed by atoms with Crippen LogP contribution in [0.2, 0.25) is 18.1 Å². The van der Waals surface area contributed by atoms with Gasteiger partial charge in [0.05, 0.1) is 0 Å². The SMILES string of the molecule is C[C@H](CCC(=O)O)[C@H]1CC[C@H]2[C@@H]3CC[C@@H]4C[C@H](O[Si](C)(C)C(C)(C)C)CC[C@]4(C)[C@H]3CC[C@]12C. The minimum absolute atomic E-state index is 0.292. The quantitative estimate of drug-likeness (QED) is 0.379. The normalized spacial score (nSPS) is 43.5. The summed E-state index contributed by atoms with van der Waals surface area (Å²) in [5, 5.41) is 9.50. The maximum Gasteiger partial charge on any atom is 0.303 e. The van der Waals surface area contributed by atoms with E-state index < -0.39 is 14.3 Å². The van der Waals surface area contributed by atoms with Gasteiger partial charge in [-0.3, -0.25) is 4.79 Å². The third-order valence-electron chi connectivity index (χ3n) is 12.5. The molecule has 1 N–H and O–H groups in total. The Kier molecular flexibility index (Phi) is 7.22. The van der Waals surface area contributed by atoms with Crippen LogP contribution in [0.4, 0.5) is 0 Å². The molecule has 0 amide bonds. The number of rotatable bonds is 6. The predicted molar refractivity (Wildman–Crippen MR) is 143 cm³/mol. The van der Waals surface area contributed by atoms with Gasteiger partial charge >= 0.3 is 5.97 Å². The number of carboxylic acids is 1. The number of fused-ring (bicyclic) bond motifs is 5. The molecule has 3 nitrogen and oxygen atoms in total. The summed E-state index contributed by atoms with van der Waals surface area (Å²) in [5.74, 6) is 4.13. The first-order valence-electron chi connectivity index (χ1n) is 14.6. The molecule has 4 rings (SSSR count). The van der Waals surface area contributed by atoms with Gasteiger partial charge in [-0.2, -0.15) is 0 Å². The summed E-state index contributed by atoms with van der Waals surface area (Å²) in [6.07, 6.45) is 13.9. The van der Waals surface area contributed by atoms with Crippen LogP contribution in [0.1, 0.15) is 112 Å². The van der Waals surface area contributed by atoms with E-state index in [2.05, 4.69) is 54.6 Å². The monoisotopic (exact) mass is 490 g/mol. The summed E-state index contributed by atoms with van der Waals surface area (Å²) in [5.41, 5.74) is 0.940. The minimum atomic E-state index is -1.70. The third kappa shape index (κ3) is 4.57. The zero-order valence-corrected chi connectivity index (χ0v) is 24.6. The van der Waals surface area contributed by atoms with Gasteiger partial charge in [-0.15, -0.1) is 0 Å². The summed E-state index contributed by atoms with van der Waals surface area (Å²) in [6, 6.07) is 0. The van der Waals surface area contributed by atoms with Crippen molar-refractivity contribution in [2.45, 2.75) is 136 Å². The molecule has 0 aliphatic heterocycles. The highest BCUT2D eigenvalue weighted by molar-refractivity contribution is 6.74. The second-order valence-corrected chi connectivity index (χ2v) is 19.8. The molecule has 0 unspecified atom stereocenters. The molecule has 4 heteroatoms. The van der Waals surface area contributed by atoms with Crippen molar-refractivity contribution >= 4 is 14.3 Å². The lowest BCUT2D eigenvalue weighted by atomic mass is 9.44. The Bertz CT molecular complexity index is 757. The van der Waals surface area contributed by atoms with E-state index in [1.165, 1.54) is 57.8 Å². The summed E-state index contributed by atoms with van der Waals surface area (Å²) < 4.78 is 6.94. The van der Waals surface area contributed by atoms with Crippen molar-refractivity contribution in [3.8, 4) is 0 Å². The van der Waals surface area contributed by atoms with Crippen molar-refractivity contribution in [3.63, 3.8) is 0 Å². The molecule has 4 aliphatic rings. The number of hydrogen-bond donors (Lipinski definition) is 1. The van der Waals surface area contributed by atoms with Crippen molar-refractivity contribution in [3.05, 3.63) is 0 Å². The number of aliphatic carboxylic acids is 1. The zero-order valence-electron chi connectivity index (χ0n) is 23.6. The summed E-state index contributed by atoms with van der Waals surface area (Å²) in [6.45, 7) is 19.6. The van der Waals surface area contributed by atoms with E-state index in [1.807, 2.05) is 0 Å². The standard InChI is InChI=1S/C30H54O3Si/c1-20(9-14-27(31)32)24-12-13-25-23-11-10-21-19-22(33-34(7,8)28(2,3)4)15-17-29(21,5)26(23)16-18-30(24,25)6/h20-26H,9-19H2,1-8H3,(H,31,32)/t20-,21-,22-,23+,24-,25+,26+,29+,30-/m1/s1. The fourth-order valence-electron chi connectivity index (χ4n) is 9.45. The Morgan fingerprint density at radius 1 is 1.00 bits per heavy atom. The van der Waals surface area contributed by atoms with Crippen LogP contribution in [0.5, 0.6) is 0 Å². The van der Waals surface area contributed by atoms with Gasteiger partial charge in [-0.1, -0.05) is 41.5 Å². The van der Waals surface area contributed by atoms with Crippen molar-refractivity contribution in [1.82, 2.24) is 0 Å². The molecule has 4 saturated carbocycles. The van der Waals surface area contributed by atoms with Crippen molar-refractivity contribution in [2.24, 2.45) is 46.3 Å². The fraction of sp³-hybridized carbons (Fsp3) is 0.967. The Hall–Kier alpha value is -0.353. The van der Waals surface area contributed by atoms with E-state index in [9.17, 15) is 9.90 Å². The molecule has 0 aromatic heterocycles. The van der Waals surface area contributed by atoms with Crippen LogP contribution in [-0.4, -0.2) is 25.5 Å². The van der Waals surface area contributed by atoms with E-state index in [0.717, 1.165) is 36.0 Å². The van der Waals surface area contributed by atoms with Gasteiger partial charge in [0, 0.05) is 12.5 Å². The van der Waals surface area contributed by atoms with Crippen LogP contribution in [0, 0.1) is 46.3 Å². The maximum atomic E-state index is 11.2. The first-order valence-corrected chi connectivity index (χ1v) is 17.5. The predicted octanol–water partition coefficient (Wildman–Crippen LogP) is 8.54. The average Bonchev–Trinajstić information content (AvgIpc) is 3.08. The molecular formula is C30H54O3Si. The molecule has 0 aromatic rings. The number of carboxylic acid groups (broad SMARTS) is 1. The van der Waals surface area contributed by atoms with E-state index in [0.29, 0.717) is 34.3 Å². The second-order valence-electron chi connectivity index (χ2n) is 15.1. The van der Waals surface area contributed by atoms with E-state index in [4.69, 9.17) is 4.43 Å². The molecule has 0 bridgehead atoms.